The number of rotatable bonds is 3. The highest BCUT2D eigenvalue weighted by molar-refractivity contribution is 7.84. The van der Waals surface area contributed by atoms with E-state index < -0.39 is 22.2 Å². The molecule has 1 aliphatic heterocycles. The summed E-state index contributed by atoms with van der Waals surface area (Å²) in [5, 5.41) is 3.35. The molecule has 1 spiro atoms. The van der Waals surface area contributed by atoms with Crippen molar-refractivity contribution in [2.24, 2.45) is 5.41 Å². The maximum absolute atomic E-state index is 13.1. The fourth-order valence-electron chi connectivity index (χ4n) is 3.67. The van der Waals surface area contributed by atoms with Gasteiger partial charge >= 0.3 is 0 Å². The molecule has 1 unspecified atom stereocenters. The normalized spacial score (nSPS) is 24.3. The van der Waals surface area contributed by atoms with E-state index in [1.807, 2.05) is 20.8 Å². The number of fused-ring (bicyclic) bond motifs is 1. The van der Waals surface area contributed by atoms with Gasteiger partial charge in [0.2, 0.25) is 0 Å². The molecule has 2 aliphatic rings. The van der Waals surface area contributed by atoms with Crippen molar-refractivity contribution >= 4 is 11.0 Å². The van der Waals surface area contributed by atoms with E-state index in [2.05, 4.69) is 15.0 Å². The predicted octanol–water partition coefficient (Wildman–Crippen LogP) is 3.04. The highest BCUT2D eigenvalue weighted by Crippen LogP contribution is 2.51. The standard InChI is InChI=1S/C17H25F2N3OS/c1-16(2,3)24(23)22-14-12-8-11(15(18)19)10-21-13(12)9-17(14)4-6-20-7-5-17/h8,10,14-15,20,22H,4-7,9H2,1-3H3/t14-,24?/m1/s1. The Balaban J connectivity index is 1.99. The lowest BCUT2D eigenvalue weighted by Crippen LogP contribution is -2.46. The van der Waals surface area contributed by atoms with Crippen molar-refractivity contribution in [2.45, 2.75) is 57.2 Å². The maximum atomic E-state index is 13.1. The van der Waals surface area contributed by atoms with Crippen LogP contribution in [-0.4, -0.2) is 27.0 Å². The molecule has 2 heterocycles. The number of halogens is 2. The Morgan fingerprint density at radius 2 is 2.04 bits per heavy atom. The Morgan fingerprint density at radius 1 is 1.38 bits per heavy atom. The van der Waals surface area contributed by atoms with Gasteiger partial charge in [0.05, 0.1) is 21.8 Å². The van der Waals surface area contributed by atoms with Gasteiger partial charge < -0.3 is 5.32 Å². The lowest BCUT2D eigenvalue weighted by Gasteiger charge is -2.40. The molecular weight excluding hydrogens is 332 g/mol. The van der Waals surface area contributed by atoms with Crippen LogP contribution in [0.2, 0.25) is 0 Å². The topological polar surface area (TPSA) is 54.0 Å². The molecule has 2 N–H and O–H groups in total. The summed E-state index contributed by atoms with van der Waals surface area (Å²) in [6.07, 6.45) is 1.34. The van der Waals surface area contributed by atoms with Gasteiger partial charge in [-0.25, -0.2) is 17.7 Å². The van der Waals surface area contributed by atoms with Gasteiger partial charge in [-0.2, -0.15) is 0 Å². The highest BCUT2D eigenvalue weighted by Gasteiger charge is 2.48. The Labute approximate surface area is 144 Å². The van der Waals surface area contributed by atoms with Crippen LogP contribution in [0, 0.1) is 5.41 Å². The van der Waals surface area contributed by atoms with Crippen molar-refractivity contribution in [1.82, 2.24) is 15.0 Å². The second kappa shape index (κ2) is 6.42. The molecule has 1 fully saturated rings. The van der Waals surface area contributed by atoms with E-state index in [1.54, 1.807) is 6.07 Å². The van der Waals surface area contributed by atoms with Crippen molar-refractivity contribution in [3.63, 3.8) is 0 Å². The third-order valence-corrected chi connectivity index (χ3v) is 6.66. The number of hydrogen-bond donors (Lipinski definition) is 2. The Bertz CT molecular complexity index is 639. The first-order chi connectivity index (χ1) is 11.2. The summed E-state index contributed by atoms with van der Waals surface area (Å²) >= 11 is 0. The van der Waals surface area contributed by atoms with E-state index in [-0.39, 0.29) is 17.0 Å². The van der Waals surface area contributed by atoms with Crippen LogP contribution in [0.3, 0.4) is 0 Å². The zero-order chi connectivity index (χ0) is 17.5. The Kier molecular flexibility index (Phi) is 4.79. The smallest absolute Gasteiger partial charge is 0.265 e. The van der Waals surface area contributed by atoms with E-state index in [0.717, 1.165) is 43.6 Å². The van der Waals surface area contributed by atoms with Crippen molar-refractivity contribution in [1.29, 1.82) is 0 Å². The van der Waals surface area contributed by atoms with Gasteiger partial charge in [-0.15, -0.1) is 0 Å². The van der Waals surface area contributed by atoms with Gasteiger partial charge in [0.15, 0.2) is 0 Å². The molecule has 0 amide bonds. The van der Waals surface area contributed by atoms with E-state index in [0.29, 0.717) is 0 Å². The summed E-state index contributed by atoms with van der Waals surface area (Å²) in [4.78, 5) is 4.31. The van der Waals surface area contributed by atoms with Gasteiger partial charge in [-0.3, -0.25) is 4.98 Å². The van der Waals surface area contributed by atoms with Crippen LogP contribution >= 0.6 is 0 Å². The molecule has 4 nitrogen and oxygen atoms in total. The molecule has 1 aliphatic carbocycles. The Morgan fingerprint density at radius 3 is 2.62 bits per heavy atom. The summed E-state index contributed by atoms with van der Waals surface area (Å²) in [6, 6.07) is 1.36. The number of aromatic nitrogens is 1. The van der Waals surface area contributed by atoms with Gasteiger partial charge in [0.1, 0.15) is 0 Å². The summed E-state index contributed by atoms with van der Waals surface area (Å²) in [7, 11) is -1.27. The minimum absolute atomic E-state index is 0.0620. The summed E-state index contributed by atoms with van der Waals surface area (Å²) in [5.74, 6) is 0. The van der Waals surface area contributed by atoms with Crippen molar-refractivity contribution < 1.29 is 13.0 Å². The Hall–Kier alpha value is -0.920. The van der Waals surface area contributed by atoms with Crippen LogP contribution in [0.25, 0.3) is 0 Å². The second-order valence-corrected chi connectivity index (χ2v) is 9.82. The molecule has 24 heavy (non-hydrogen) atoms. The lowest BCUT2D eigenvalue weighted by atomic mass is 9.74. The van der Waals surface area contributed by atoms with Crippen LogP contribution in [0.5, 0.6) is 0 Å². The summed E-state index contributed by atoms with van der Waals surface area (Å²) in [5.41, 5.74) is 1.51. The third kappa shape index (κ3) is 3.26. The second-order valence-electron chi connectivity index (χ2n) is 7.83. The van der Waals surface area contributed by atoms with E-state index in [1.165, 1.54) is 6.20 Å². The number of alkyl halides is 2. The van der Waals surface area contributed by atoms with Crippen LogP contribution in [0.4, 0.5) is 8.78 Å². The fraction of sp³-hybridized carbons (Fsp3) is 0.706. The molecule has 134 valence electrons. The SMILES string of the molecule is CC(C)(C)S(=O)N[C@@H]1c2cc(C(F)F)cnc2CC12CCNCC2. The van der Waals surface area contributed by atoms with Crippen molar-refractivity contribution in [3.8, 4) is 0 Å². The molecule has 3 rings (SSSR count). The average Bonchev–Trinajstić information content (AvgIpc) is 2.79. The first kappa shape index (κ1) is 17.9. The molecule has 1 aromatic heterocycles. The molecule has 0 aromatic carbocycles. The monoisotopic (exact) mass is 357 g/mol. The minimum atomic E-state index is -2.54. The van der Waals surface area contributed by atoms with E-state index >= 15 is 0 Å². The van der Waals surface area contributed by atoms with Crippen LogP contribution in [0.15, 0.2) is 12.3 Å². The lowest BCUT2D eigenvalue weighted by molar-refractivity contribution is 0.150. The maximum Gasteiger partial charge on any atom is 0.265 e. The van der Waals surface area contributed by atoms with Crippen LogP contribution in [0.1, 0.15) is 62.9 Å². The quantitative estimate of drug-likeness (QED) is 0.874. The number of piperidine rings is 1. The first-order valence-corrected chi connectivity index (χ1v) is 9.54. The molecule has 1 saturated heterocycles. The third-order valence-electron chi connectivity index (χ3n) is 5.10. The van der Waals surface area contributed by atoms with Crippen molar-refractivity contribution in [2.75, 3.05) is 13.1 Å². The first-order valence-electron chi connectivity index (χ1n) is 8.39. The fourth-order valence-corrected chi connectivity index (χ4v) is 4.62. The van der Waals surface area contributed by atoms with Gasteiger partial charge in [0, 0.05) is 17.5 Å². The molecule has 0 saturated carbocycles. The number of nitrogens with one attached hydrogen (secondary N) is 2. The van der Waals surface area contributed by atoms with Gasteiger partial charge in [-0.05, 0) is 70.2 Å². The number of nitrogens with zero attached hydrogens (tertiary/aromatic N) is 1. The molecule has 0 bridgehead atoms. The van der Waals surface area contributed by atoms with Gasteiger partial charge in [-0.1, -0.05) is 0 Å². The van der Waals surface area contributed by atoms with Crippen molar-refractivity contribution in [3.05, 3.63) is 29.1 Å². The van der Waals surface area contributed by atoms with E-state index in [4.69, 9.17) is 0 Å². The largest absolute Gasteiger partial charge is 0.317 e. The summed E-state index contributed by atoms with van der Waals surface area (Å²) < 4.78 is 41.8. The predicted molar refractivity (Wildman–Crippen MR) is 91.2 cm³/mol. The molecule has 7 heteroatoms. The van der Waals surface area contributed by atoms with E-state index in [9.17, 15) is 13.0 Å². The molecule has 0 radical (unpaired) electrons. The minimum Gasteiger partial charge on any atom is -0.317 e. The van der Waals surface area contributed by atoms with Crippen LogP contribution < -0.4 is 10.0 Å². The molecular formula is C17H25F2N3OS. The zero-order valence-corrected chi connectivity index (χ0v) is 15.2. The molecule has 1 aromatic rings. The van der Waals surface area contributed by atoms with Gasteiger partial charge in [0.25, 0.3) is 6.43 Å². The summed E-state index contributed by atoms with van der Waals surface area (Å²) in [6.45, 7) is 7.50. The average molecular weight is 357 g/mol. The van der Waals surface area contributed by atoms with Crippen LogP contribution in [-0.2, 0) is 17.4 Å². The zero-order valence-electron chi connectivity index (χ0n) is 14.4. The highest BCUT2D eigenvalue weighted by atomic mass is 32.2. The number of pyridine rings is 1. The molecule has 2 atom stereocenters. The number of hydrogen-bond acceptors (Lipinski definition) is 3.